The minimum absolute atomic E-state index is 0.213. The van der Waals surface area contributed by atoms with Gasteiger partial charge in [0.15, 0.2) is 0 Å². The maximum atomic E-state index is 13.1. The van der Waals surface area contributed by atoms with Crippen LogP contribution < -0.4 is 10.6 Å². The summed E-state index contributed by atoms with van der Waals surface area (Å²) in [5, 5.41) is 14.9. The van der Waals surface area contributed by atoms with Crippen LogP contribution in [0.2, 0.25) is 0 Å². The van der Waals surface area contributed by atoms with Crippen LogP contribution in [0.3, 0.4) is 0 Å². The van der Waals surface area contributed by atoms with Crippen molar-refractivity contribution < 1.29 is 24.2 Å². The zero-order valence-corrected chi connectivity index (χ0v) is 18.6. The number of carboxylic acid groups (broad SMARTS) is 1. The third-order valence-electron chi connectivity index (χ3n) is 5.46. The van der Waals surface area contributed by atoms with Crippen LogP contribution in [-0.2, 0) is 33.7 Å². The number of carbonyl (C=O) groups excluding carboxylic acids is 2. The van der Waals surface area contributed by atoms with Gasteiger partial charge >= 0.3 is 5.97 Å². The molecule has 2 aromatic rings. The van der Waals surface area contributed by atoms with Crippen LogP contribution in [0.25, 0.3) is 0 Å². The van der Waals surface area contributed by atoms with Gasteiger partial charge in [-0.2, -0.15) is 0 Å². The number of aliphatic carboxylic acids is 1. The van der Waals surface area contributed by atoms with Gasteiger partial charge in [0, 0.05) is 11.4 Å². The first-order chi connectivity index (χ1) is 14.9. The van der Waals surface area contributed by atoms with E-state index in [9.17, 15) is 14.4 Å². The van der Waals surface area contributed by atoms with Crippen molar-refractivity contribution in [1.82, 2.24) is 5.32 Å². The number of anilines is 1. The monoisotopic (exact) mass is 444 g/mol. The standard InChI is InChI=1S/C23H28N2O5S/c1-3-15-8-9-17-18(10-15)31-23(25-19(26)12-30-13-20(27)28)21(17)22(29)24-11-16-6-4-14(2)5-7-16/h4-7,15H,3,8-13H2,1-2H3,(H,24,29)(H,25,26)(H,27,28)/t15-/m1/s1. The molecule has 166 valence electrons. The zero-order chi connectivity index (χ0) is 22.4. The number of ether oxygens (including phenoxy) is 1. The molecule has 0 unspecified atom stereocenters. The molecule has 1 aliphatic rings. The van der Waals surface area contributed by atoms with Gasteiger partial charge in [-0.25, -0.2) is 4.79 Å². The number of aryl methyl sites for hydroxylation is 1. The third-order valence-corrected chi connectivity index (χ3v) is 6.63. The molecule has 1 aromatic heterocycles. The van der Waals surface area contributed by atoms with Crippen molar-refractivity contribution in [2.45, 2.75) is 46.1 Å². The summed E-state index contributed by atoms with van der Waals surface area (Å²) in [6.07, 6.45) is 3.81. The highest BCUT2D eigenvalue weighted by atomic mass is 32.1. The molecule has 0 bridgehead atoms. The van der Waals surface area contributed by atoms with E-state index in [4.69, 9.17) is 9.84 Å². The van der Waals surface area contributed by atoms with Gasteiger partial charge in [-0.15, -0.1) is 11.3 Å². The third kappa shape index (κ3) is 6.15. The number of rotatable bonds is 9. The molecule has 3 rings (SSSR count). The molecular formula is C23H28N2O5S. The van der Waals surface area contributed by atoms with Crippen molar-refractivity contribution in [3.8, 4) is 0 Å². The lowest BCUT2D eigenvalue weighted by atomic mass is 9.85. The molecule has 1 aromatic carbocycles. The highest BCUT2D eigenvalue weighted by Gasteiger charge is 2.29. The minimum atomic E-state index is -1.14. The number of carboxylic acids is 1. The summed E-state index contributed by atoms with van der Waals surface area (Å²) in [6.45, 7) is 3.66. The molecule has 0 fully saturated rings. The molecule has 1 atom stereocenters. The van der Waals surface area contributed by atoms with E-state index >= 15 is 0 Å². The molecule has 0 spiro atoms. The fourth-order valence-corrected chi connectivity index (χ4v) is 5.08. The second-order valence-electron chi connectivity index (χ2n) is 7.83. The molecular weight excluding hydrogens is 416 g/mol. The lowest BCUT2D eigenvalue weighted by Crippen LogP contribution is -2.27. The molecule has 7 nitrogen and oxygen atoms in total. The highest BCUT2D eigenvalue weighted by molar-refractivity contribution is 7.17. The molecule has 2 amide bonds. The summed E-state index contributed by atoms with van der Waals surface area (Å²) in [7, 11) is 0. The number of fused-ring (bicyclic) bond motifs is 1. The minimum Gasteiger partial charge on any atom is -0.480 e. The fourth-order valence-electron chi connectivity index (χ4n) is 3.70. The Morgan fingerprint density at radius 3 is 2.61 bits per heavy atom. The van der Waals surface area contributed by atoms with Crippen LogP contribution in [-0.4, -0.2) is 36.1 Å². The first-order valence-corrected chi connectivity index (χ1v) is 11.3. The molecule has 0 saturated heterocycles. The maximum absolute atomic E-state index is 13.1. The SMILES string of the molecule is CC[C@@H]1CCc2c(sc(NC(=O)COCC(=O)O)c2C(=O)NCc2ccc(C)cc2)C1. The number of hydrogen-bond acceptors (Lipinski definition) is 5. The second-order valence-corrected chi connectivity index (χ2v) is 8.93. The van der Waals surface area contributed by atoms with Gasteiger partial charge in [0.05, 0.1) is 5.56 Å². The summed E-state index contributed by atoms with van der Waals surface area (Å²) in [4.78, 5) is 37.1. The Balaban J connectivity index is 1.76. The number of benzene rings is 1. The molecule has 1 heterocycles. The average Bonchev–Trinajstić information content (AvgIpc) is 3.09. The van der Waals surface area contributed by atoms with Gasteiger partial charge in [0.1, 0.15) is 18.2 Å². The van der Waals surface area contributed by atoms with Gasteiger partial charge in [-0.3, -0.25) is 9.59 Å². The lowest BCUT2D eigenvalue weighted by Gasteiger charge is -2.21. The van der Waals surface area contributed by atoms with E-state index in [1.807, 2.05) is 31.2 Å². The number of hydrogen-bond donors (Lipinski definition) is 3. The Morgan fingerprint density at radius 2 is 1.94 bits per heavy atom. The Morgan fingerprint density at radius 1 is 1.19 bits per heavy atom. The number of thiophene rings is 1. The first kappa shape index (κ1) is 23.0. The summed E-state index contributed by atoms with van der Waals surface area (Å²) in [6, 6.07) is 7.96. The van der Waals surface area contributed by atoms with Gasteiger partial charge in [0.25, 0.3) is 11.8 Å². The molecule has 3 N–H and O–H groups in total. The van der Waals surface area contributed by atoms with E-state index < -0.39 is 18.5 Å². The van der Waals surface area contributed by atoms with E-state index in [-0.39, 0.29) is 12.5 Å². The molecule has 0 aliphatic heterocycles. The predicted molar refractivity (Wildman–Crippen MR) is 120 cm³/mol. The van der Waals surface area contributed by atoms with Gasteiger partial charge < -0.3 is 20.5 Å². The fraction of sp³-hybridized carbons (Fsp3) is 0.435. The van der Waals surface area contributed by atoms with Crippen LogP contribution in [0.5, 0.6) is 0 Å². The van der Waals surface area contributed by atoms with E-state index in [1.54, 1.807) is 0 Å². The number of amides is 2. The Hall–Kier alpha value is -2.71. The molecule has 0 radical (unpaired) electrons. The average molecular weight is 445 g/mol. The van der Waals surface area contributed by atoms with E-state index in [0.29, 0.717) is 23.0 Å². The van der Waals surface area contributed by atoms with Crippen LogP contribution >= 0.6 is 11.3 Å². The zero-order valence-electron chi connectivity index (χ0n) is 17.8. The molecule has 8 heteroatoms. The topological polar surface area (TPSA) is 105 Å². The Kier molecular flexibility index (Phi) is 7.81. The van der Waals surface area contributed by atoms with Crippen molar-refractivity contribution >= 4 is 34.1 Å². The quantitative estimate of drug-likeness (QED) is 0.549. The van der Waals surface area contributed by atoms with Gasteiger partial charge in [0.2, 0.25) is 0 Å². The number of carbonyl (C=O) groups is 3. The molecule has 0 saturated carbocycles. The molecule has 31 heavy (non-hydrogen) atoms. The summed E-state index contributed by atoms with van der Waals surface area (Å²) in [5.74, 6) is -1.24. The Labute approximate surface area is 185 Å². The normalized spacial score (nSPS) is 15.2. The Bertz CT molecular complexity index is 952. The summed E-state index contributed by atoms with van der Waals surface area (Å²) < 4.78 is 4.87. The summed E-state index contributed by atoms with van der Waals surface area (Å²) >= 11 is 1.44. The predicted octanol–water partition coefficient (Wildman–Crippen LogP) is 3.54. The highest BCUT2D eigenvalue weighted by Crippen LogP contribution is 2.40. The molecule has 1 aliphatic carbocycles. The van der Waals surface area contributed by atoms with Crippen molar-refractivity contribution in [3.05, 3.63) is 51.4 Å². The maximum Gasteiger partial charge on any atom is 0.329 e. The van der Waals surface area contributed by atoms with E-state index in [1.165, 1.54) is 11.3 Å². The van der Waals surface area contributed by atoms with Crippen molar-refractivity contribution in [1.29, 1.82) is 0 Å². The largest absolute Gasteiger partial charge is 0.480 e. The lowest BCUT2D eigenvalue weighted by molar-refractivity contribution is -0.143. The van der Waals surface area contributed by atoms with Crippen molar-refractivity contribution in [2.24, 2.45) is 5.92 Å². The number of nitrogens with one attached hydrogen (secondary N) is 2. The van der Waals surface area contributed by atoms with Crippen LogP contribution in [0.15, 0.2) is 24.3 Å². The van der Waals surface area contributed by atoms with E-state index in [0.717, 1.165) is 47.3 Å². The smallest absolute Gasteiger partial charge is 0.329 e. The van der Waals surface area contributed by atoms with E-state index in [2.05, 4.69) is 17.6 Å². The van der Waals surface area contributed by atoms with Crippen molar-refractivity contribution in [3.63, 3.8) is 0 Å². The second kappa shape index (κ2) is 10.5. The van der Waals surface area contributed by atoms with Crippen LogP contribution in [0.4, 0.5) is 5.00 Å². The van der Waals surface area contributed by atoms with Crippen LogP contribution in [0.1, 0.15) is 51.7 Å². The van der Waals surface area contributed by atoms with Gasteiger partial charge in [-0.05, 0) is 43.2 Å². The first-order valence-electron chi connectivity index (χ1n) is 10.4. The summed E-state index contributed by atoms with van der Waals surface area (Å²) in [5.41, 5.74) is 3.69. The van der Waals surface area contributed by atoms with Gasteiger partial charge in [-0.1, -0.05) is 43.2 Å². The van der Waals surface area contributed by atoms with Crippen molar-refractivity contribution in [2.75, 3.05) is 18.5 Å². The van der Waals surface area contributed by atoms with Crippen LogP contribution in [0, 0.1) is 12.8 Å².